The highest BCUT2D eigenvalue weighted by Gasteiger charge is 2.35. The molecule has 178 valence electrons. The Morgan fingerprint density at radius 3 is 2.91 bits per heavy atom. The van der Waals surface area contributed by atoms with Crippen LogP contribution in [0.1, 0.15) is 46.3 Å². The van der Waals surface area contributed by atoms with Crippen LogP contribution in [0.2, 0.25) is 0 Å². The molecule has 1 aromatic heterocycles. The fourth-order valence-corrected chi connectivity index (χ4v) is 5.59. The lowest BCUT2D eigenvalue weighted by molar-refractivity contribution is 0.0810. The van der Waals surface area contributed by atoms with Crippen LogP contribution in [0.3, 0.4) is 0 Å². The Balaban J connectivity index is 1.19. The minimum Gasteiger partial charge on any atom is -0.492 e. The van der Waals surface area contributed by atoms with Crippen LogP contribution in [0.4, 0.5) is 8.78 Å². The number of H-pyrrole nitrogens is 1. The fraction of sp³-hybridized carbons (Fsp3) is 0.444. The number of aryl methyl sites for hydroxylation is 1. The highest BCUT2D eigenvalue weighted by atomic mass is 19.1. The Morgan fingerprint density at radius 2 is 2.09 bits per heavy atom. The number of carbonyl (C=O) groups excluding carboxylic acids is 1. The van der Waals surface area contributed by atoms with E-state index in [1.807, 2.05) is 19.2 Å². The molecule has 34 heavy (non-hydrogen) atoms. The lowest BCUT2D eigenvalue weighted by Crippen LogP contribution is -2.45. The zero-order chi connectivity index (χ0) is 23.4. The summed E-state index contributed by atoms with van der Waals surface area (Å²) >= 11 is 0. The van der Waals surface area contributed by atoms with Crippen molar-refractivity contribution in [3.05, 3.63) is 64.4 Å². The zero-order valence-corrected chi connectivity index (χ0v) is 19.4. The van der Waals surface area contributed by atoms with Gasteiger partial charge in [0, 0.05) is 49.4 Å². The number of halogens is 2. The van der Waals surface area contributed by atoms with Gasteiger partial charge in [-0.15, -0.1) is 0 Å². The van der Waals surface area contributed by atoms with Crippen LogP contribution in [0.5, 0.6) is 5.75 Å². The molecule has 1 saturated carbocycles. The van der Waals surface area contributed by atoms with E-state index < -0.39 is 11.6 Å². The number of carbonyl (C=O) groups is 1. The Morgan fingerprint density at radius 1 is 1.24 bits per heavy atom. The molecular formula is C27H29F2N3O2. The molecule has 3 heterocycles. The van der Waals surface area contributed by atoms with Crippen molar-refractivity contribution in [2.75, 3.05) is 26.7 Å². The molecule has 1 aliphatic carbocycles. The summed E-state index contributed by atoms with van der Waals surface area (Å²) in [7, 11) is 1.84. The van der Waals surface area contributed by atoms with Crippen molar-refractivity contribution in [1.82, 2.24) is 14.8 Å². The van der Waals surface area contributed by atoms with Crippen LogP contribution in [-0.2, 0) is 19.4 Å². The van der Waals surface area contributed by atoms with Crippen molar-refractivity contribution in [2.24, 2.45) is 5.92 Å². The quantitative estimate of drug-likeness (QED) is 0.551. The molecule has 6 rings (SSSR count). The number of rotatable bonds is 7. The molecule has 1 atom stereocenters. The molecule has 0 spiro atoms. The van der Waals surface area contributed by atoms with Crippen LogP contribution in [0.15, 0.2) is 30.5 Å². The Labute approximate surface area is 197 Å². The van der Waals surface area contributed by atoms with Gasteiger partial charge in [0.05, 0.1) is 11.1 Å². The van der Waals surface area contributed by atoms with E-state index in [9.17, 15) is 13.6 Å². The molecule has 1 amide bonds. The third kappa shape index (κ3) is 3.86. The lowest BCUT2D eigenvalue weighted by atomic mass is 9.93. The van der Waals surface area contributed by atoms with Crippen molar-refractivity contribution in [1.29, 1.82) is 0 Å². The zero-order valence-electron chi connectivity index (χ0n) is 19.4. The second kappa shape index (κ2) is 8.38. The molecule has 1 fully saturated rings. The van der Waals surface area contributed by atoms with Crippen LogP contribution < -0.4 is 4.74 Å². The molecule has 1 unspecified atom stereocenters. The standard InChI is InChI=1S/C27H29F2N3O2/c1-31-14-18-6-7-24-22(25(18)27(31)33)11-20(15-34-24)32(13-16-4-5-16)8-2-3-17-12-30-26-21(17)9-19(28)10-23(26)29/h6-7,9-10,12,16,20,30H,2-5,8,11,13-15H2,1H3. The monoisotopic (exact) mass is 465 g/mol. The summed E-state index contributed by atoms with van der Waals surface area (Å²) in [6.07, 6.45) is 6.77. The van der Waals surface area contributed by atoms with E-state index in [-0.39, 0.29) is 11.9 Å². The fourth-order valence-electron chi connectivity index (χ4n) is 5.59. The highest BCUT2D eigenvalue weighted by molar-refractivity contribution is 6.00. The number of hydrogen-bond acceptors (Lipinski definition) is 3. The maximum Gasteiger partial charge on any atom is 0.254 e. The van der Waals surface area contributed by atoms with Gasteiger partial charge in [-0.3, -0.25) is 9.69 Å². The van der Waals surface area contributed by atoms with Gasteiger partial charge in [-0.05, 0) is 67.8 Å². The predicted molar refractivity (Wildman–Crippen MR) is 126 cm³/mol. The molecule has 1 N–H and O–H groups in total. The molecule has 0 saturated heterocycles. The van der Waals surface area contributed by atoms with Gasteiger partial charge in [0.25, 0.3) is 5.91 Å². The van der Waals surface area contributed by atoms with Crippen LogP contribution in [0.25, 0.3) is 10.9 Å². The first-order valence-electron chi connectivity index (χ1n) is 12.2. The first-order chi connectivity index (χ1) is 16.5. The minimum atomic E-state index is -0.553. The number of nitrogens with zero attached hydrogens (tertiary/aromatic N) is 2. The molecule has 5 nitrogen and oxygen atoms in total. The van der Waals surface area contributed by atoms with Gasteiger partial charge in [0.2, 0.25) is 0 Å². The predicted octanol–water partition coefficient (Wildman–Crippen LogP) is 4.68. The number of aromatic amines is 1. The van der Waals surface area contributed by atoms with E-state index in [1.54, 1.807) is 11.1 Å². The Kier molecular flexibility index (Phi) is 5.32. The second-order valence-electron chi connectivity index (χ2n) is 10.1. The van der Waals surface area contributed by atoms with Crippen LogP contribution in [-0.4, -0.2) is 53.5 Å². The van der Waals surface area contributed by atoms with Crippen LogP contribution >= 0.6 is 0 Å². The third-order valence-corrected chi connectivity index (χ3v) is 7.58. The number of hydrogen-bond donors (Lipinski definition) is 1. The summed E-state index contributed by atoms with van der Waals surface area (Å²) < 4.78 is 34.0. The summed E-state index contributed by atoms with van der Waals surface area (Å²) in [6, 6.07) is 6.57. The van der Waals surface area contributed by atoms with E-state index in [0.717, 1.165) is 72.3 Å². The number of ether oxygens (including phenoxy) is 1. The van der Waals surface area contributed by atoms with Gasteiger partial charge in [0.1, 0.15) is 24.0 Å². The summed E-state index contributed by atoms with van der Waals surface area (Å²) in [5.74, 6) is 0.553. The first kappa shape index (κ1) is 21.6. The van der Waals surface area contributed by atoms with Crippen molar-refractivity contribution < 1.29 is 18.3 Å². The van der Waals surface area contributed by atoms with Gasteiger partial charge in [-0.2, -0.15) is 0 Å². The molecule has 0 radical (unpaired) electrons. The number of fused-ring (bicyclic) bond motifs is 4. The van der Waals surface area contributed by atoms with Gasteiger partial charge < -0.3 is 14.6 Å². The number of benzene rings is 2. The Hall–Kier alpha value is -2.93. The molecule has 3 aromatic rings. The number of amides is 1. The number of nitrogens with one attached hydrogen (secondary N) is 1. The van der Waals surface area contributed by atoms with Crippen molar-refractivity contribution >= 4 is 16.8 Å². The van der Waals surface area contributed by atoms with Gasteiger partial charge >= 0.3 is 0 Å². The topological polar surface area (TPSA) is 48.6 Å². The molecule has 0 bridgehead atoms. The maximum atomic E-state index is 14.1. The summed E-state index contributed by atoms with van der Waals surface area (Å²) in [5.41, 5.74) is 4.27. The first-order valence-corrected chi connectivity index (χ1v) is 12.2. The smallest absolute Gasteiger partial charge is 0.254 e. The maximum absolute atomic E-state index is 14.1. The molecule has 2 aromatic carbocycles. The van der Waals surface area contributed by atoms with E-state index in [4.69, 9.17) is 4.74 Å². The lowest BCUT2D eigenvalue weighted by Gasteiger charge is -2.36. The third-order valence-electron chi connectivity index (χ3n) is 7.58. The number of aromatic nitrogens is 1. The molecule has 2 aliphatic heterocycles. The van der Waals surface area contributed by atoms with E-state index >= 15 is 0 Å². The highest BCUT2D eigenvalue weighted by Crippen LogP contribution is 2.37. The second-order valence-corrected chi connectivity index (χ2v) is 10.1. The average molecular weight is 466 g/mol. The normalized spacial score (nSPS) is 19.6. The van der Waals surface area contributed by atoms with Gasteiger partial charge in [-0.1, -0.05) is 6.07 Å². The van der Waals surface area contributed by atoms with Crippen molar-refractivity contribution in [2.45, 2.75) is 44.7 Å². The average Bonchev–Trinajstić information content (AvgIpc) is 3.47. The molecule has 3 aliphatic rings. The summed E-state index contributed by atoms with van der Waals surface area (Å²) in [4.78, 5) is 20.0. The van der Waals surface area contributed by atoms with Crippen LogP contribution in [0, 0.1) is 17.6 Å². The van der Waals surface area contributed by atoms with E-state index in [2.05, 4.69) is 9.88 Å². The molecule has 7 heteroatoms. The SMILES string of the molecule is CN1Cc2ccc3c(c2C1=O)CC(N(CCCc1c[nH]c2c(F)cc(F)cc12)CC1CC1)CO3. The van der Waals surface area contributed by atoms with E-state index in [1.165, 1.54) is 18.9 Å². The molecular weight excluding hydrogens is 436 g/mol. The van der Waals surface area contributed by atoms with E-state index in [0.29, 0.717) is 24.1 Å². The Bertz CT molecular complexity index is 1270. The summed E-state index contributed by atoms with van der Waals surface area (Å²) in [6.45, 7) is 3.19. The van der Waals surface area contributed by atoms with Crippen molar-refractivity contribution in [3.63, 3.8) is 0 Å². The summed E-state index contributed by atoms with van der Waals surface area (Å²) in [5, 5.41) is 0.624. The van der Waals surface area contributed by atoms with Crippen molar-refractivity contribution in [3.8, 4) is 5.75 Å². The largest absolute Gasteiger partial charge is 0.492 e. The van der Waals surface area contributed by atoms with Gasteiger partial charge in [0.15, 0.2) is 0 Å². The van der Waals surface area contributed by atoms with Gasteiger partial charge in [-0.25, -0.2) is 8.78 Å². The minimum absolute atomic E-state index is 0.0867.